The second kappa shape index (κ2) is 4.69. The Hall–Kier alpha value is -1.45. The van der Waals surface area contributed by atoms with Crippen molar-refractivity contribution in [2.24, 2.45) is 0 Å². The zero-order valence-corrected chi connectivity index (χ0v) is 7.71. The molecule has 76 valence electrons. The van der Waals surface area contributed by atoms with Crippen molar-refractivity contribution in [1.29, 1.82) is 0 Å². The number of nitrogens with one attached hydrogen (secondary N) is 1. The van der Waals surface area contributed by atoms with Gasteiger partial charge in [-0.15, -0.1) is 0 Å². The van der Waals surface area contributed by atoms with Gasteiger partial charge in [-0.2, -0.15) is 0 Å². The maximum absolute atomic E-state index is 12.5. The van der Waals surface area contributed by atoms with Crippen molar-refractivity contribution in [1.82, 2.24) is 5.32 Å². The van der Waals surface area contributed by atoms with Crippen LogP contribution in [0.1, 0.15) is 18.5 Å². The molecule has 0 spiro atoms. The molecule has 1 rings (SSSR count). The Kier molecular flexibility index (Phi) is 3.56. The van der Waals surface area contributed by atoms with E-state index in [4.69, 9.17) is 0 Å². The molecule has 0 aromatic heterocycles. The number of alkyl halides is 2. The minimum absolute atomic E-state index is 0.415. The number of amides is 1. The number of hydrogen-bond acceptors (Lipinski definition) is 1. The Morgan fingerprint density at radius 2 is 1.86 bits per heavy atom. The quantitative estimate of drug-likeness (QED) is 0.793. The number of carbonyl (C=O) groups excluding carboxylic acids is 1. The zero-order valence-electron chi connectivity index (χ0n) is 7.71. The van der Waals surface area contributed by atoms with Gasteiger partial charge in [-0.3, -0.25) is 4.79 Å². The van der Waals surface area contributed by atoms with Gasteiger partial charge in [-0.1, -0.05) is 30.3 Å². The molecule has 1 N–H and O–H groups in total. The molecule has 0 radical (unpaired) electrons. The monoisotopic (exact) mass is 199 g/mol. The first-order valence-corrected chi connectivity index (χ1v) is 4.21. The largest absolute Gasteiger partial charge is 0.344 e. The predicted octanol–water partition coefficient (Wildman–Crippen LogP) is 2.13. The van der Waals surface area contributed by atoms with Crippen molar-refractivity contribution < 1.29 is 13.6 Å². The summed E-state index contributed by atoms with van der Waals surface area (Å²) in [6.07, 6.45) is -2.60. The summed E-state index contributed by atoms with van der Waals surface area (Å²) in [6.45, 7) is 1.22. The van der Waals surface area contributed by atoms with E-state index in [9.17, 15) is 13.6 Å². The SMILES string of the molecule is CC(=O)N[C@@H](c1ccccc1)C(F)F. The van der Waals surface area contributed by atoms with E-state index in [1.54, 1.807) is 30.3 Å². The molecule has 1 amide bonds. The highest BCUT2D eigenvalue weighted by molar-refractivity contribution is 5.73. The lowest BCUT2D eigenvalue weighted by atomic mass is 10.1. The number of benzene rings is 1. The third-order valence-electron chi connectivity index (χ3n) is 1.77. The van der Waals surface area contributed by atoms with Crippen LogP contribution >= 0.6 is 0 Å². The van der Waals surface area contributed by atoms with E-state index in [1.165, 1.54) is 6.92 Å². The van der Waals surface area contributed by atoms with Crippen molar-refractivity contribution in [3.63, 3.8) is 0 Å². The molecule has 14 heavy (non-hydrogen) atoms. The van der Waals surface area contributed by atoms with Crippen LogP contribution in [0.5, 0.6) is 0 Å². The average molecular weight is 199 g/mol. The molecule has 0 saturated carbocycles. The maximum Gasteiger partial charge on any atom is 0.262 e. The van der Waals surface area contributed by atoms with Crippen molar-refractivity contribution in [2.45, 2.75) is 19.4 Å². The van der Waals surface area contributed by atoms with Gasteiger partial charge >= 0.3 is 0 Å². The van der Waals surface area contributed by atoms with Crippen LogP contribution < -0.4 is 5.32 Å². The molecule has 1 atom stereocenters. The van der Waals surface area contributed by atoms with Gasteiger partial charge in [0.25, 0.3) is 6.43 Å². The van der Waals surface area contributed by atoms with E-state index in [1.807, 2.05) is 0 Å². The lowest BCUT2D eigenvalue weighted by Crippen LogP contribution is -2.30. The van der Waals surface area contributed by atoms with Crippen LogP contribution in [0.25, 0.3) is 0 Å². The van der Waals surface area contributed by atoms with Gasteiger partial charge in [0, 0.05) is 6.92 Å². The van der Waals surface area contributed by atoms with Gasteiger partial charge in [-0.05, 0) is 5.56 Å². The molecule has 1 aromatic carbocycles. The van der Waals surface area contributed by atoms with Crippen molar-refractivity contribution in [3.05, 3.63) is 35.9 Å². The Balaban J connectivity index is 2.83. The molecule has 0 bridgehead atoms. The Bertz CT molecular complexity index is 300. The van der Waals surface area contributed by atoms with E-state index >= 15 is 0 Å². The number of carbonyl (C=O) groups is 1. The van der Waals surface area contributed by atoms with Gasteiger partial charge in [0.15, 0.2) is 0 Å². The molecule has 0 aliphatic rings. The van der Waals surface area contributed by atoms with Gasteiger partial charge in [-0.25, -0.2) is 8.78 Å². The highest BCUT2D eigenvalue weighted by Crippen LogP contribution is 2.19. The minimum atomic E-state index is -2.60. The molecular formula is C10H11F2NO. The van der Waals surface area contributed by atoms with Crippen molar-refractivity contribution >= 4 is 5.91 Å². The van der Waals surface area contributed by atoms with Crippen molar-refractivity contribution in [2.75, 3.05) is 0 Å². The van der Waals surface area contributed by atoms with Gasteiger partial charge < -0.3 is 5.32 Å². The van der Waals surface area contributed by atoms with E-state index in [2.05, 4.69) is 5.32 Å². The van der Waals surface area contributed by atoms with E-state index in [0.29, 0.717) is 5.56 Å². The minimum Gasteiger partial charge on any atom is -0.344 e. The van der Waals surface area contributed by atoms with Crippen LogP contribution in [0.3, 0.4) is 0 Å². The summed E-state index contributed by atoms with van der Waals surface area (Å²) in [4.78, 5) is 10.7. The fourth-order valence-corrected chi connectivity index (χ4v) is 1.17. The summed E-state index contributed by atoms with van der Waals surface area (Å²) in [5, 5.41) is 2.21. The molecule has 0 unspecified atom stereocenters. The molecule has 0 aliphatic heterocycles. The van der Waals surface area contributed by atoms with E-state index in [0.717, 1.165) is 0 Å². The summed E-state index contributed by atoms with van der Waals surface area (Å²) in [5.74, 6) is -0.459. The van der Waals surface area contributed by atoms with Gasteiger partial charge in [0.1, 0.15) is 6.04 Å². The number of rotatable bonds is 3. The Morgan fingerprint density at radius 1 is 1.29 bits per heavy atom. The normalized spacial score (nSPS) is 12.6. The second-order valence-corrected chi connectivity index (χ2v) is 2.92. The number of hydrogen-bond donors (Lipinski definition) is 1. The standard InChI is InChI=1S/C10H11F2NO/c1-7(14)13-9(10(11)12)8-5-3-2-4-6-8/h2-6,9-10H,1H3,(H,13,14)/t9-/m0/s1. The molecule has 4 heteroatoms. The lowest BCUT2D eigenvalue weighted by Gasteiger charge is -2.16. The molecule has 0 heterocycles. The van der Waals surface area contributed by atoms with Crippen LogP contribution in [0.2, 0.25) is 0 Å². The first kappa shape index (κ1) is 10.6. The smallest absolute Gasteiger partial charge is 0.262 e. The lowest BCUT2D eigenvalue weighted by molar-refractivity contribution is -0.120. The van der Waals surface area contributed by atoms with Gasteiger partial charge in [0.05, 0.1) is 0 Å². The fourth-order valence-electron chi connectivity index (χ4n) is 1.17. The van der Waals surface area contributed by atoms with E-state index in [-0.39, 0.29) is 0 Å². The third kappa shape index (κ3) is 2.80. The van der Waals surface area contributed by atoms with E-state index < -0.39 is 18.4 Å². The van der Waals surface area contributed by atoms with Crippen molar-refractivity contribution in [3.8, 4) is 0 Å². The van der Waals surface area contributed by atoms with Crippen LogP contribution in [-0.4, -0.2) is 12.3 Å². The molecule has 0 fully saturated rings. The van der Waals surface area contributed by atoms with Crippen LogP contribution in [0.15, 0.2) is 30.3 Å². The van der Waals surface area contributed by atoms with Gasteiger partial charge in [0.2, 0.25) is 5.91 Å². The maximum atomic E-state index is 12.5. The third-order valence-corrected chi connectivity index (χ3v) is 1.77. The summed E-state index contributed by atoms with van der Waals surface area (Å²) < 4.78 is 25.1. The first-order valence-electron chi connectivity index (χ1n) is 4.21. The predicted molar refractivity (Wildman–Crippen MR) is 49.0 cm³/mol. The highest BCUT2D eigenvalue weighted by Gasteiger charge is 2.22. The van der Waals surface area contributed by atoms with Crippen LogP contribution in [0, 0.1) is 0 Å². The summed E-state index contributed by atoms with van der Waals surface area (Å²) in [6, 6.07) is 6.96. The molecule has 2 nitrogen and oxygen atoms in total. The average Bonchev–Trinajstić information content (AvgIpc) is 2.15. The summed E-state index contributed by atoms with van der Waals surface area (Å²) in [5.41, 5.74) is 0.415. The second-order valence-electron chi connectivity index (χ2n) is 2.92. The Morgan fingerprint density at radius 3 is 2.29 bits per heavy atom. The summed E-state index contributed by atoms with van der Waals surface area (Å²) >= 11 is 0. The molecule has 0 saturated heterocycles. The zero-order chi connectivity index (χ0) is 10.6. The number of halogens is 2. The fraction of sp³-hybridized carbons (Fsp3) is 0.300. The van der Waals surface area contributed by atoms with Crippen LogP contribution in [0.4, 0.5) is 8.78 Å². The topological polar surface area (TPSA) is 29.1 Å². The molecular weight excluding hydrogens is 188 g/mol. The highest BCUT2D eigenvalue weighted by atomic mass is 19.3. The summed E-state index contributed by atoms with van der Waals surface area (Å²) in [7, 11) is 0. The molecule has 1 aromatic rings. The Labute approximate surface area is 80.9 Å². The first-order chi connectivity index (χ1) is 6.61. The molecule has 0 aliphatic carbocycles. The van der Waals surface area contributed by atoms with Crippen LogP contribution in [-0.2, 0) is 4.79 Å².